The summed E-state index contributed by atoms with van der Waals surface area (Å²) in [5.74, 6) is 0.0195. The number of carbonyl (C=O) groups excluding carboxylic acids is 1. The van der Waals surface area contributed by atoms with Crippen LogP contribution in [0.4, 0.5) is 4.39 Å². The predicted molar refractivity (Wildman–Crippen MR) is 96.0 cm³/mol. The highest BCUT2D eigenvalue weighted by Gasteiger charge is 2.42. The summed E-state index contributed by atoms with van der Waals surface area (Å²) in [5, 5.41) is 6.54. The molecule has 0 aromatic heterocycles. The second-order valence-electron chi connectivity index (χ2n) is 7.30. The van der Waals surface area contributed by atoms with Crippen molar-refractivity contribution in [2.24, 2.45) is 0 Å². The maximum Gasteiger partial charge on any atom is 0.225 e. The number of carbonyl (C=O) groups is 1. The number of halogens is 1. The van der Waals surface area contributed by atoms with Crippen LogP contribution in [0.3, 0.4) is 0 Å². The first kappa shape index (κ1) is 17.9. The van der Waals surface area contributed by atoms with E-state index in [2.05, 4.69) is 20.4 Å². The second-order valence-corrected chi connectivity index (χ2v) is 7.30. The molecular weight excluding hydrogens is 335 g/mol. The van der Waals surface area contributed by atoms with Crippen LogP contribution in [0.2, 0.25) is 0 Å². The van der Waals surface area contributed by atoms with E-state index in [0.717, 1.165) is 18.7 Å². The average Bonchev–Trinajstić information content (AvgIpc) is 3.03. The smallest absolute Gasteiger partial charge is 0.225 e. The summed E-state index contributed by atoms with van der Waals surface area (Å²) in [6.07, 6.45) is 0.364. The van der Waals surface area contributed by atoms with Gasteiger partial charge in [0, 0.05) is 25.7 Å². The van der Waals surface area contributed by atoms with E-state index in [1.807, 2.05) is 30.3 Å². The summed E-state index contributed by atoms with van der Waals surface area (Å²) >= 11 is 0. The number of nitrogens with one attached hydrogen (secondary N) is 2. The molecule has 6 nitrogen and oxygen atoms in total. The predicted octanol–water partition coefficient (Wildman–Crippen LogP) is 0.693. The number of amides is 1. The number of alkyl halides is 1. The van der Waals surface area contributed by atoms with Crippen molar-refractivity contribution in [3.63, 3.8) is 0 Å². The molecule has 142 valence electrons. The van der Waals surface area contributed by atoms with Crippen molar-refractivity contribution in [1.29, 1.82) is 0 Å². The molecule has 7 heteroatoms. The second kappa shape index (κ2) is 8.00. The van der Waals surface area contributed by atoms with Crippen LogP contribution in [0.5, 0.6) is 0 Å². The van der Waals surface area contributed by atoms with Crippen LogP contribution < -0.4 is 10.6 Å². The summed E-state index contributed by atoms with van der Waals surface area (Å²) < 4.78 is 20.0. The Morgan fingerprint density at radius 1 is 1.15 bits per heavy atom. The lowest BCUT2D eigenvalue weighted by Gasteiger charge is -2.44. The topological polar surface area (TPSA) is 56.8 Å². The quantitative estimate of drug-likeness (QED) is 0.826. The Hall–Kier alpha value is -1.54. The lowest BCUT2D eigenvalue weighted by Crippen LogP contribution is -2.69. The van der Waals surface area contributed by atoms with Crippen molar-refractivity contribution in [3.8, 4) is 0 Å². The van der Waals surface area contributed by atoms with Crippen LogP contribution >= 0.6 is 0 Å². The normalized spacial score (nSPS) is 34.0. The van der Waals surface area contributed by atoms with Gasteiger partial charge in [0.1, 0.15) is 12.5 Å². The first-order valence-electron chi connectivity index (χ1n) is 9.51. The molecular formula is C19H27FN4O2. The van der Waals surface area contributed by atoms with Crippen LogP contribution in [-0.2, 0) is 16.0 Å². The van der Waals surface area contributed by atoms with Gasteiger partial charge in [-0.1, -0.05) is 30.3 Å². The fourth-order valence-electron chi connectivity index (χ4n) is 4.23. The monoisotopic (exact) mass is 362 g/mol. The number of nitrogens with zero attached hydrogens (tertiary/aromatic N) is 2. The Balaban J connectivity index is 1.46. The standard InChI is InChI=1S/C19H27FN4O2/c20-15-6-7-24(16(15)12-14-4-2-1-3-5-14)19-21-17(13-18(25)22-19)23-8-10-26-11-9-23/h1-5,15-17,19,21H,6-13H2,(H,22,25)/t15-,16+,17?,19?/m1/s1. The van der Waals surface area contributed by atoms with Gasteiger partial charge in [-0.25, -0.2) is 4.39 Å². The first-order valence-corrected chi connectivity index (χ1v) is 9.51. The van der Waals surface area contributed by atoms with E-state index in [9.17, 15) is 9.18 Å². The average molecular weight is 362 g/mol. The van der Waals surface area contributed by atoms with E-state index >= 15 is 0 Å². The molecule has 26 heavy (non-hydrogen) atoms. The fourth-order valence-corrected chi connectivity index (χ4v) is 4.23. The minimum Gasteiger partial charge on any atom is -0.379 e. The molecule has 3 saturated heterocycles. The molecule has 4 atom stereocenters. The third-order valence-electron chi connectivity index (χ3n) is 5.64. The molecule has 2 N–H and O–H groups in total. The van der Waals surface area contributed by atoms with E-state index in [4.69, 9.17) is 4.74 Å². The van der Waals surface area contributed by atoms with Crippen LogP contribution in [0.1, 0.15) is 18.4 Å². The summed E-state index contributed by atoms with van der Waals surface area (Å²) in [5.41, 5.74) is 1.12. The van der Waals surface area contributed by atoms with E-state index in [1.54, 1.807) is 0 Å². The van der Waals surface area contributed by atoms with Gasteiger partial charge >= 0.3 is 0 Å². The first-order chi connectivity index (χ1) is 12.7. The third kappa shape index (κ3) is 3.91. The minimum absolute atomic E-state index is 0.0195. The van der Waals surface area contributed by atoms with Gasteiger partial charge in [0.2, 0.25) is 5.91 Å². The zero-order valence-electron chi connectivity index (χ0n) is 14.9. The summed E-state index contributed by atoms with van der Waals surface area (Å²) in [4.78, 5) is 16.6. The molecule has 3 aliphatic heterocycles. The molecule has 3 heterocycles. The molecule has 3 aliphatic rings. The van der Waals surface area contributed by atoms with Crippen molar-refractivity contribution in [3.05, 3.63) is 35.9 Å². The molecule has 1 amide bonds. The molecule has 1 aromatic carbocycles. The van der Waals surface area contributed by atoms with Crippen LogP contribution in [-0.4, -0.2) is 73.2 Å². The number of ether oxygens (including phenoxy) is 1. The highest BCUT2D eigenvalue weighted by molar-refractivity contribution is 5.77. The molecule has 4 rings (SSSR count). The van der Waals surface area contributed by atoms with Crippen molar-refractivity contribution in [2.45, 2.75) is 43.9 Å². The van der Waals surface area contributed by atoms with Gasteiger partial charge in [0.25, 0.3) is 0 Å². The Morgan fingerprint density at radius 3 is 2.69 bits per heavy atom. The number of hydrogen-bond donors (Lipinski definition) is 2. The number of likely N-dealkylation sites (tertiary alicyclic amines) is 1. The molecule has 0 saturated carbocycles. The van der Waals surface area contributed by atoms with Gasteiger partial charge < -0.3 is 10.1 Å². The van der Waals surface area contributed by atoms with E-state index in [-0.39, 0.29) is 24.4 Å². The minimum atomic E-state index is -0.877. The van der Waals surface area contributed by atoms with Crippen molar-refractivity contribution in [1.82, 2.24) is 20.4 Å². The van der Waals surface area contributed by atoms with E-state index < -0.39 is 6.17 Å². The van der Waals surface area contributed by atoms with Crippen molar-refractivity contribution in [2.75, 3.05) is 32.8 Å². The van der Waals surface area contributed by atoms with Gasteiger partial charge in [-0.15, -0.1) is 0 Å². The maximum absolute atomic E-state index is 14.6. The lowest BCUT2D eigenvalue weighted by molar-refractivity contribution is -0.131. The number of benzene rings is 1. The lowest BCUT2D eigenvalue weighted by atomic mass is 10.0. The largest absolute Gasteiger partial charge is 0.379 e. The SMILES string of the molecule is O=C1CC(N2CCOCC2)NC(N2CC[C@@H](F)[C@@H]2Cc2ccccc2)N1. The Bertz CT molecular complexity index is 611. The summed E-state index contributed by atoms with van der Waals surface area (Å²) in [6.45, 7) is 3.66. The van der Waals surface area contributed by atoms with Crippen molar-refractivity contribution >= 4 is 5.91 Å². The highest BCUT2D eigenvalue weighted by Crippen LogP contribution is 2.26. The van der Waals surface area contributed by atoms with Crippen LogP contribution in [0.15, 0.2) is 30.3 Å². The zero-order chi connectivity index (χ0) is 17.9. The van der Waals surface area contributed by atoms with Gasteiger partial charge in [0.15, 0.2) is 0 Å². The fraction of sp³-hybridized carbons (Fsp3) is 0.632. The van der Waals surface area contributed by atoms with Gasteiger partial charge in [-0.2, -0.15) is 0 Å². The summed E-state index contributed by atoms with van der Waals surface area (Å²) in [7, 11) is 0. The molecule has 0 aliphatic carbocycles. The molecule has 0 radical (unpaired) electrons. The Morgan fingerprint density at radius 2 is 1.92 bits per heavy atom. The number of rotatable bonds is 4. The van der Waals surface area contributed by atoms with Crippen LogP contribution in [0.25, 0.3) is 0 Å². The summed E-state index contributed by atoms with van der Waals surface area (Å²) in [6, 6.07) is 9.78. The Kier molecular flexibility index (Phi) is 5.49. The number of morpholine rings is 1. The third-order valence-corrected chi connectivity index (χ3v) is 5.64. The molecule has 0 bridgehead atoms. The van der Waals surface area contributed by atoms with Gasteiger partial charge in [-0.3, -0.25) is 19.9 Å². The van der Waals surface area contributed by atoms with E-state index in [0.29, 0.717) is 39.0 Å². The maximum atomic E-state index is 14.6. The number of hydrogen-bond acceptors (Lipinski definition) is 5. The molecule has 3 fully saturated rings. The molecule has 1 aromatic rings. The van der Waals surface area contributed by atoms with Crippen molar-refractivity contribution < 1.29 is 13.9 Å². The molecule has 0 spiro atoms. The van der Waals surface area contributed by atoms with Gasteiger partial charge in [0.05, 0.1) is 25.8 Å². The zero-order valence-corrected chi connectivity index (χ0v) is 14.9. The Labute approximate surface area is 153 Å². The van der Waals surface area contributed by atoms with Crippen LogP contribution in [0, 0.1) is 0 Å². The highest BCUT2D eigenvalue weighted by atomic mass is 19.1. The van der Waals surface area contributed by atoms with Gasteiger partial charge in [-0.05, 0) is 18.4 Å². The molecule has 2 unspecified atom stereocenters. The van der Waals surface area contributed by atoms with E-state index in [1.165, 1.54) is 0 Å².